The Morgan fingerprint density at radius 3 is 2.95 bits per heavy atom. The fraction of sp³-hybridized carbons (Fsp3) is 0.462. The van der Waals surface area contributed by atoms with Crippen LogP contribution in [0.15, 0.2) is 24.3 Å². The van der Waals surface area contributed by atoms with Gasteiger partial charge in [0.05, 0.1) is 19.3 Å². The molecular weight excluding hydrogens is 268 g/mol. The van der Waals surface area contributed by atoms with Crippen molar-refractivity contribution in [2.24, 2.45) is 0 Å². The number of rotatable bonds is 5. The number of morpholine rings is 1. The third-order valence-electron chi connectivity index (χ3n) is 2.67. The number of amides is 1. The molecule has 5 nitrogen and oxygen atoms in total. The first kappa shape index (κ1) is 14.3. The summed E-state index contributed by atoms with van der Waals surface area (Å²) >= 11 is 5.76. The molecule has 104 valence electrons. The standard InChI is InChI=1S/C13H17ClN2O3/c14-10-1-3-11(4-2-10)16-13(17)9-18-8-12-7-15-5-6-19-12/h1-4,12,15H,5-9H2,(H,16,17). The molecule has 1 saturated heterocycles. The normalized spacial score (nSPS) is 19.1. The summed E-state index contributed by atoms with van der Waals surface area (Å²) in [5.41, 5.74) is 0.702. The zero-order chi connectivity index (χ0) is 13.5. The zero-order valence-electron chi connectivity index (χ0n) is 10.5. The first-order valence-electron chi connectivity index (χ1n) is 6.19. The molecule has 1 unspecified atom stereocenters. The molecular formula is C13H17ClN2O3. The van der Waals surface area contributed by atoms with Crippen molar-refractivity contribution in [3.05, 3.63) is 29.3 Å². The van der Waals surface area contributed by atoms with Crippen LogP contribution in [0.4, 0.5) is 5.69 Å². The predicted molar refractivity (Wildman–Crippen MR) is 73.5 cm³/mol. The quantitative estimate of drug-likeness (QED) is 0.855. The average molecular weight is 285 g/mol. The fourth-order valence-corrected chi connectivity index (χ4v) is 1.87. The van der Waals surface area contributed by atoms with Gasteiger partial charge in [-0.3, -0.25) is 4.79 Å². The molecule has 1 aromatic rings. The number of carbonyl (C=O) groups is 1. The van der Waals surface area contributed by atoms with E-state index in [1.54, 1.807) is 24.3 Å². The second-order valence-electron chi connectivity index (χ2n) is 4.27. The highest BCUT2D eigenvalue weighted by molar-refractivity contribution is 6.30. The van der Waals surface area contributed by atoms with Gasteiger partial charge in [-0.1, -0.05) is 11.6 Å². The van der Waals surface area contributed by atoms with Crippen molar-refractivity contribution in [2.75, 3.05) is 38.2 Å². The first-order valence-corrected chi connectivity index (χ1v) is 6.57. The fourth-order valence-electron chi connectivity index (χ4n) is 1.74. The zero-order valence-corrected chi connectivity index (χ0v) is 11.3. The van der Waals surface area contributed by atoms with E-state index in [1.807, 2.05) is 0 Å². The number of ether oxygens (including phenoxy) is 2. The average Bonchev–Trinajstić information content (AvgIpc) is 2.43. The van der Waals surface area contributed by atoms with Gasteiger partial charge in [-0.15, -0.1) is 0 Å². The van der Waals surface area contributed by atoms with E-state index in [4.69, 9.17) is 21.1 Å². The van der Waals surface area contributed by atoms with E-state index in [0.717, 1.165) is 13.1 Å². The van der Waals surface area contributed by atoms with E-state index in [-0.39, 0.29) is 18.6 Å². The van der Waals surface area contributed by atoms with E-state index in [9.17, 15) is 4.79 Å². The highest BCUT2D eigenvalue weighted by Crippen LogP contribution is 2.13. The minimum absolute atomic E-state index is 0.0164. The Balaban J connectivity index is 1.65. The van der Waals surface area contributed by atoms with Crippen molar-refractivity contribution in [3.63, 3.8) is 0 Å². The van der Waals surface area contributed by atoms with E-state index >= 15 is 0 Å². The van der Waals surface area contributed by atoms with Crippen LogP contribution in [0.25, 0.3) is 0 Å². The lowest BCUT2D eigenvalue weighted by molar-refractivity contribution is -0.122. The van der Waals surface area contributed by atoms with Crippen LogP contribution in [0.2, 0.25) is 5.02 Å². The summed E-state index contributed by atoms with van der Waals surface area (Å²) in [5, 5.41) is 6.56. The minimum Gasteiger partial charge on any atom is -0.373 e. The number of nitrogens with one attached hydrogen (secondary N) is 2. The molecule has 0 saturated carbocycles. The number of anilines is 1. The third kappa shape index (κ3) is 5.16. The Morgan fingerprint density at radius 2 is 2.26 bits per heavy atom. The molecule has 1 atom stereocenters. The van der Waals surface area contributed by atoms with E-state index in [2.05, 4.69) is 10.6 Å². The van der Waals surface area contributed by atoms with Crippen molar-refractivity contribution in [1.82, 2.24) is 5.32 Å². The Morgan fingerprint density at radius 1 is 1.47 bits per heavy atom. The van der Waals surface area contributed by atoms with Gasteiger partial charge in [-0.05, 0) is 24.3 Å². The predicted octanol–water partition coefficient (Wildman–Crippen LogP) is 1.28. The molecule has 1 aromatic carbocycles. The Kier molecular flexibility index (Phi) is 5.60. The van der Waals surface area contributed by atoms with Crippen LogP contribution in [0.5, 0.6) is 0 Å². The van der Waals surface area contributed by atoms with Gasteiger partial charge in [-0.25, -0.2) is 0 Å². The molecule has 1 aliphatic heterocycles. The van der Waals surface area contributed by atoms with Gasteiger partial charge >= 0.3 is 0 Å². The van der Waals surface area contributed by atoms with Crippen LogP contribution in [-0.2, 0) is 14.3 Å². The van der Waals surface area contributed by atoms with E-state index in [0.29, 0.717) is 23.9 Å². The van der Waals surface area contributed by atoms with Crippen molar-refractivity contribution in [2.45, 2.75) is 6.10 Å². The molecule has 1 amide bonds. The van der Waals surface area contributed by atoms with E-state index in [1.165, 1.54) is 0 Å². The van der Waals surface area contributed by atoms with Crippen LogP contribution >= 0.6 is 11.6 Å². The molecule has 19 heavy (non-hydrogen) atoms. The van der Waals surface area contributed by atoms with Gasteiger partial charge in [0, 0.05) is 23.8 Å². The Bertz CT molecular complexity index is 405. The summed E-state index contributed by atoms with van der Waals surface area (Å²) in [6.07, 6.45) is 0.0251. The lowest BCUT2D eigenvalue weighted by Crippen LogP contribution is -2.41. The van der Waals surface area contributed by atoms with Crippen molar-refractivity contribution in [3.8, 4) is 0 Å². The maximum atomic E-state index is 11.6. The van der Waals surface area contributed by atoms with Gasteiger partial charge in [0.25, 0.3) is 0 Å². The summed E-state index contributed by atoms with van der Waals surface area (Å²) in [5.74, 6) is -0.189. The molecule has 0 spiro atoms. The lowest BCUT2D eigenvalue weighted by atomic mass is 10.3. The van der Waals surface area contributed by atoms with Crippen LogP contribution in [0, 0.1) is 0 Å². The van der Waals surface area contributed by atoms with Crippen LogP contribution in [0.3, 0.4) is 0 Å². The maximum absolute atomic E-state index is 11.6. The van der Waals surface area contributed by atoms with Crippen molar-refractivity contribution >= 4 is 23.2 Å². The SMILES string of the molecule is O=C(COCC1CNCCO1)Nc1ccc(Cl)cc1. The second-order valence-corrected chi connectivity index (χ2v) is 4.70. The van der Waals surface area contributed by atoms with Gasteiger partial charge in [0.2, 0.25) is 5.91 Å². The molecule has 2 rings (SSSR count). The molecule has 6 heteroatoms. The highest BCUT2D eigenvalue weighted by atomic mass is 35.5. The van der Waals surface area contributed by atoms with E-state index < -0.39 is 0 Å². The largest absolute Gasteiger partial charge is 0.373 e. The van der Waals surface area contributed by atoms with Crippen LogP contribution < -0.4 is 10.6 Å². The molecule has 1 aliphatic rings. The summed E-state index contributed by atoms with van der Waals surface area (Å²) in [6, 6.07) is 6.93. The molecule has 0 aromatic heterocycles. The van der Waals surface area contributed by atoms with Crippen molar-refractivity contribution < 1.29 is 14.3 Å². The lowest BCUT2D eigenvalue weighted by Gasteiger charge is -2.23. The number of halogens is 1. The molecule has 2 N–H and O–H groups in total. The monoisotopic (exact) mass is 284 g/mol. The number of benzene rings is 1. The molecule has 0 bridgehead atoms. The molecule has 1 heterocycles. The maximum Gasteiger partial charge on any atom is 0.250 e. The van der Waals surface area contributed by atoms with Gasteiger partial charge in [0.15, 0.2) is 0 Å². The van der Waals surface area contributed by atoms with Crippen LogP contribution in [0.1, 0.15) is 0 Å². The van der Waals surface area contributed by atoms with Gasteiger partial charge < -0.3 is 20.1 Å². The summed E-state index contributed by atoms with van der Waals surface area (Å²) in [6.45, 7) is 2.75. The summed E-state index contributed by atoms with van der Waals surface area (Å²) < 4.78 is 10.8. The third-order valence-corrected chi connectivity index (χ3v) is 2.92. The summed E-state index contributed by atoms with van der Waals surface area (Å²) in [4.78, 5) is 11.6. The molecule has 0 radical (unpaired) electrons. The van der Waals surface area contributed by atoms with Crippen molar-refractivity contribution in [1.29, 1.82) is 0 Å². The Hall–Kier alpha value is -1.14. The number of hydrogen-bond acceptors (Lipinski definition) is 4. The first-order chi connectivity index (χ1) is 9.24. The highest BCUT2D eigenvalue weighted by Gasteiger charge is 2.13. The van der Waals surface area contributed by atoms with Gasteiger partial charge in [-0.2, -0.15) is 0 Å². The number of carbonyl (C=O) groups excluding carboxylic acids is 1. The molecule has 1 fully saturated rings. The summed E-state index contributed by atoms with van der Waals surface area (Å²) in [7, 11) is 0. The Labute approximate surface area is 117 Å². The minimum atomic E-state index is -0.189. The van der Waals surface area contributed by atoms with Crippen LogP contribution in [-0.4, -0.2) is 44.9 Å². The molecule has 0 aliphatic carbocycles. The smallest absolute Gasteiger partial charge is 0.250 e. The number of hydrogen-bond donors (Lipinski definition) is 2. The topological polar surface area (TPSA) is 59.6 Å². The second kappa shape index (κ2) is 7.45. The van der Waals surface area contributed by atoms with Gasteiger partial charge in [0.1, 0.15) is 6.61 Å².